The number of carbonyl (C=O) groups is 2. The van der Waals surface area contributed by atoms with E-state index in [-0.39, 0.29) is 17.4 Å². The first-order valence-electron chi connectivity index (χ1n) is 12.8. The first-order valence-corrected chi connectivity index (χ1v) is 14.6. The van der Waals surface area contributed by atoms with Gasteiger partial charge >= 0.3 is 5.97 Å². The average Bonchev–Trinajstić information content (AvgIpc) is 2.93. The smallest absolute Gasteiger partial charge is 0.341 e. The maximum Gasteiger partial charge on any atom is 0.341 e. The van der Waals surface area contributed by atoms with E-state index in [2.05, 4.69) is 13.8 Å². The molecule has 5 rings (SSSR count). The summed E-state index contributed by atoms with van der Waals surface area (Å²) in [7, 11) is 0. The molecule has 2 aliphatic rings. The summed E-state index contributed by atoms with van der Waals surface area (Å²) in [6, 6.07) is 21.4. The van der Waals surface area contributed by atoms with Crippen molar-refractivity contribution in [3.05, 3.63) is 94.0 Å². The molecule has 10 heteroatoms. The summed E-state index contributed by atoms with van der Waals surface area (Å²) in [6.45, 7) is 4.76. The molecule has 3 aromatic carbocycles. The molecule has 7 nitrogen and oxygen atoms in total. The van der Waals surface area contributed by atoms with Crippen molar-refractivity contribution in [1.82, 2.24) is 0 Å². The Morgan fingerprint density at radius 3 is 2.12 bits per heavy atom. The zero-order valence-electron chi connectivity index (χ0n) is 22.0. The van der Waals surface area contributed by atoms with Crippen LogP contribution in [0, 0.1) is 5.41 Å². The number of carboxylic acids is 1. The van der Waals surface area contributed by atoms with E-state index in [1.165, 1.54) is 11.8 Å². The third-order valence-electron chi connectivity index (χ3n) is 6.86. The van der Waals surface area contributed by atoms with Crippen LogP contribution in [0.3, 0.4) is 0 Å². The SMILES string of the molecule is CC1(C)COC(CS[C@H]2C(=O)N(c3ccc(Cl)cc3)[C@@H]2c2ccc(OCC(=O)O)cc2)(c2ccc(Cl)cc2)OC1. The number of hydrogen-bond acceptors (Lipinski definition) is 6. The number of nitrogens with zero attached hydrogens (tertiary/aromatic N) is 1. The first-order chi connectivity index (χ1) is 19.1. The monoisotopic (exact) mass is 601 g/mol. The molecule has 1 N–H and O–H groups in total. The number of β-lactam (4-membered cyclic amide) rings is 1. The zero-order valence-corrected chi connectivity index (χ0v) is 24.3. The molecule has 2 saturated heterocycles. The molecule has 0 unspecified atom stereocenters. The molecule has 2 fully saturated rings. The number of aliphatic carboxylic acids is 1. The number of amides is 1. The fourth-order valence-electron chi connectivity index (χ4n) is 4.69. The van der Waals surface area contributed by atoms with Crippen molar-refractivity contribution in [2.45, 2.75) is 30.9 Å². The lowest BCUT2D eigenvalue weighted by atomic mass is 9.92. The summed E-state index contributed by atoms with van der Waals surface area (Å²) in [4.78, 5) is 26.3. The van der Waals surface area contributed by atoms with Gasteiger partial charge in [-0.05, 0) is 54.1 Å². The van der Waals surface area contributed by atoms with Crippen LogP contribution in [0.4, 0.5) is 5.69 Å². The Labute approximate surface area is 247 Å². The summed E-state index contributed by atoms with van der Waals surface area (Å²) in [5.41, 5.74) is 2.34. The lowest BCUT2D eigenvalue weighted by molar-refractivity contribution is -0.295. The van der Waals surface area contributed by atoms with Gasteiger partial charge in [-0.15, -0.1) is 11.8 Å². The Hall–Kier alpha value is -2.75. The summed E-state index contributed by atoms with van der Waals surface area (Å²) < 4.78 is 18.1. The minimum absolute atomic E-state index is 0.0362. The predicted molar refractivity (Wildman–Crippen MR) is 156 cm³/mol. The second-order valence-electron chi connectivity index (χ2n) is 10.6. The third kappa shape index (κ3) is 6.11. The van der Waals surface area contributed by atoms with Gasteiger partial charge in [-0.1, -0.05) is 61.3 Å². The largest absolute Gasteiger partial charge is 0.482 e. The van der Waals surface area contributed by atoms with E-state index in [9.17, 15) is 9.59 Å². The van der Waals surface area contributed by atoms with E-state index < -0.39 is 23.6 Å². The highest BCUT2D eigenvalue weighted by molar-refractivity contribution is 8.00. The number of benzene rings is 3. The Balaban J connectivity index is 1.41. The first kappa shape index (κ1) is 28.8. The summed E-state index contributed by atoms with van der Waals surface area (Å²) in [6.07, 6.45) is 0. The Morgan fingerprint density at radius 2 is 1.55 bits per heavy atom. The predicted octanol–water partition coefficient (Wildman–Crippen LogP) is 6.57. The fourth-order valence-corrected chi connectivity index (χ4v) is 6.39. The maximum absolute atomic E-state index is 13.6. The molecular weight excluding hydrogens is 573 g/mol. The van der Waals surface area contributed by atoms with Gasteiger partial charge in [-0.2, -0.15) is 0 Å². The number of halogens is 2. The van der Waals surface area contributed by atoms with E-state index in [1.807, 2.05) is 48.5 Å². The number of thioether (sulfide) groups is 1. The molecule has 1 amide bonds. The van der Waals surface area contributed by atoms with Gasteiger partial charge in [0.2, 0.25) is 11.7 Å². The summed E-state index contributed by atoms with van der Waals surface area (Å²) >= 11 is 13.7. The highest BCUT2D eigenvalue weighted by Gasteiger charge is 2.51. The highest BCUT2D eigenvalue weighted by Crippen LogP contribution is 2.48. The number of anilines is 1. The number of rotatable bonds is 9. The van der Waals surface area contributed by atoms with Crippen LogP contribution in [0.5, 0.6) is 5.75 Å². The topological polar surface area (TPSA) is 85.3 Å². The number of carboxylic acid groups (broad SMARTS) is 1. The number of hydrogen-bond donors (Lipinski definition) is 1. The van der Waals surface area contributed by atoms with Crippen molar-refractivity contribution >= 4 is 52.5 Å². The lowest BCUT2D eigenvalue weighted by Crippen LogP contribution is -2.58. The Morgan fingerprint density at radius 1 is 0.975 bits per heavy atom. The van der Waals surface area contributed by atoms with E-state index in [4.69, 9.17) is 42.5 Å². The molecule has 0 saturated carbocycles. The van der Waals surface area contributed by atoms with Gasteiger partial charge in [0.1, 0.15) is 11.0 Å². The van der Waals surface area contributed by atoms with E-state index in [0.29, 0.717) is 34.8 Å². The molecule has 2 atom stereocenters. The van der Waals surface area contributed by atoms with Crippen LogP contribution in [0.15, 0.2) is 72.8 Å². The van der Waals surface area contributed by atoms with Gasteiger partial charge in [0.25, 0.3) is 0 Å². The Kier molecular flexibility index (Phi) is 8.36. The summed E-state index contributed by atoms with van der Waals surface area (Å²) in [5.74, 6) is -1.28. The quantitative estimate of drug-likeness (QED) is 0.277. The molecule has 3 aromatic rings. The fraction of sp³-hybridized carbons (Fsp3) is 0.333. The molecule has 0 bridgehead atoms. The average molecular weight is 603 g/mol. The number of ether oxygens (including phenoxy) is 3. The summed E-state index contributed by atoms with van der Waals surface area (Å²) in [5, 5.41) is 9.70. The highest BCUT2D eigenvalue weighted by atomic mass is 35.5. The van der Waals surface area contributed by atoms with Crippen LogP contribution in [0.2, 0.25) is 10.0 Å². The van der Waals surface area contributed by atoms with E-state index >= 15 is 0 Å². The van der Waals surface area contributed by atoms with Gasteiger partial charge in [0, 0.05) is 26.7 Å². The molecule has 0 radical (unpaired) electrons. The maximum atomic E-state index is 13.6. The molecule has 0 aliphatic carbocycles. The Bertz CT molecular complexity index is 1350. The van der Waals surface area contributed by atoms with Crippen molar-refractivity contribution < 1.29 is 28.9 Å². The van der Waals surface area contributed by atoms with Gasteiger partial charge in [0.15, 0.2) is 6.61 Å². The van der Waals surface area contributed by atoms with Crippen LogP contribution < -0.4 is 9.64 Å². The minimum Gasteiger partial charge on any atom is -0.482 e. The van der Waals surface area contributed by atoms with Crippen LogP contribution in [0.25, 0.3) is 0 Å². The molecule has 0 aromatic heterocycles. The van der Waals surface area contributed by atoms with E-state index in [1.54, 1.807) is 29.2 Å². The standard InChI is InChI=1S/C30H29Cl2NO6S/c1-29(2)16-38-30(39-17-29,20-5-7-21(31)8-6-20)18-40-27-26(19-3-13-24(14-4-19)37-15-25(34)35)33(28(27)36)23-11-9-22(32)10-12-23/h3-14,26-27H,15-18H2,1-2H3,(H,34,35)/t26-,27-/m1/s1. The van der Waals surface area contributed by atoms with Crippen molar-refractivity contribution in [1.29, 1.82) is 0 Å². The van der Waals surface area contributed by atoms with Crippen LogP contribution in [-0.2, 0) is 24.8 Å². The van der Waals surface area contributed by atoms with Crippen molar-refractivity contribution in [3.8, 4) is 5.75 Å². The minimum atomic E-state index is -1.05. The zero-order chi connectivity index (χ0) is 28.5. The van der Waals surface area contributed by atoms with Gasteiger partial charge in [-0.3, -0.25) is 4.79 Å². The normalized spacial score (nSPS) is 21.5. The molecule has 210 valence electrons. The molecule has 2 aliphatic heterocycles. The number of carbonyl (C=O) groups excluding carboxylic acids is 1. The van der Waals surface area contributed by atoms with Crippen LogP contribution in [-0.4, -0.2) is 47.8 Å². The third-order valence-corrected chi connectivity index (χ3v) is 8.73. The second kappa shape index (κ2) is 11.6. The van der Waals surface area contributed by atoms with E-state index in [0.717, 1.165) is 16.8 Å². The van der Waals surface area contributed by atoms with Crippen molar-refractivity contribution in [2.75, 3.05) is 30.5 Å². The molecular formula is C30H29Cl2NO6S. The lowest BCUT2D eigenvalue weighted by Gasteiger charge is -2.49. The van der Waals surface area contributed by atoms with Crippen LogP contribution in [0.1, 0.15) is 31.0 Å². The van der Waals surface area contributed by atoms with Crippen molar-refractivity contribution in [3.63, 3.8) is 0 Å². The second-order valence-corrected chi connectivity index (χ2v) is 12.6. The molecule has 2 heterocycles. The van der Waals surface area contributed by atoms with Crippen LogP contribution >= 0.6 is 35.0 Å². The van der Waals surface area contributed by atoms with Gasteiger partial charge in [-0.25, -0.2) is 4.79 Å². The van der Waals surface area contributed by atoms with Gasteiger partial charge in [0.05, 0.1) is 25.0 Å². The van der Waals surface area contributed by atoms with Gasteiger partial charge < -0.3 is 24.2 Å². The molecule has 0 spiro atoms. The van der Waals surface area contributed by atoms with Crippen molar-refractivity contribution in [2.24, 2.45) is 5.41 Å². The molecule has 40 heavy (non-hydrogen) atoms.